The largest absolute Gasteiger partial charge is 0.493 e. The minimum absolute atomic E-state index is 0.468. The summed E-state index contributed by atoms with van der Waals surface area (Å²) in [7, 11) is 3.46. The first kappa shape index (κ1) is 15.7. The van der Waals surface area contributed by atoms with Gasteiger partial charge in [0.15, 0.2) is 11.5 Å². The third kappa shape index (κ3) is 2.83. The van der Waals surface area contributed by atoms with Gasteiger partial charge in [0.1, 0.15) is 0 Å². The van der Waals surface area contributed by atoms with Crippen molar-refractivity contribution in [2.75, 3.05) is 20.8 Å². The second-order valence-electron chi connectivity index (χ2n) is 6.90. The highest BCUT2D eigenvalue weighted by Gasteiger charge is 2.34. The number of hydrogen-bond donors (Lipinski definition) is 1. The summed E-state index contributed by atoms with van der Waals surface area (Å²) in [6, 6.07) is 4.23. The number of benzene rings is 1. The number of rotatable bonds is 4. The Balaban J connectivity index is 1.94. The first-order valence-corrected chi connectivity index (χ1v) is 8.72. The molecule has 3 rings (SSSR count). The Morgan fingerprint density at radius 1 is 1.05 bits per heavy atom. The van der Waals surface area contributed by atoms with E-state index in [2.05, 4.69) is 6.07 Å². The van der Waals surface area contributed by atoms with Crippen LogP contribution in [-0.2, 0) is 6.42 Å². The smallest absolute Gasteiger partial charge is 0.164 e. The van der Waals surface area contributed by atoms with Crippen molar-refractivity contribution in [2.45, 2.75) is 50.9 Å². The van der Waals surface area contributed by atoms with E-state index in [0.29, 0.717) is 5.92 Å². The minimum atomic E-state index is 0.468. The number of ether oxygens (including phenoxy) is 2. The zero-order valence-electron chi connectivity index (χ0n) is 13.9. The topological polar surface area (TPSA) is 44.5 Å². The SMILES string of the molecule is COc1ccc2c(c1OC)C[C@@H](C1CCCCC1)C[C@H]2CN. The predicted octanol–water partition coefficient (Wildman–Crippen LogP) is 3.89. The lowest BCUT2D eigenvalue weighted by molar-refractivity contribution is 0.212. The van der Waals surface area contributed by atoms with E-state index in [0.717, 1.165) is 36.3 Å². The van der Waals surface area contributed by atoms with Crippen LogP contribution in [0.4, 0.5) is 0 Å². The van der Waals surface area contributed by atoms with E-state index in [9.17, 15) is 0 Å². The van der Waals surface area contributed by atoms with Crippen LogP contribution >= 0.6 is 0 Å². The van der Waals surface area contributed by atoms with Gasteiger partial charge in [-0.2, -0.15) is 0 Å². The lowest BCUT2D eigenvalue weighted by atomic mass is 9.68. The van der Waals surface area contributed by atoms with Crippen molar-refractivity contribution < 1.29 is 9.47 Å². The van der Waals surface area contributed by atoms with Crippen molar-refractivity contribution in [3.63, 3.8) is 0 Å². The third-order valence-corrected chi connectivity index (χ3v) is 5.78. The van der Waals surface area contributed by atoms with Crippen molar-refractivity contribution in [3.05, 3.63) is 23.3 Å². The molecule has 0 bridgehead atoms. The molecule has 1 aromatic rings. The molecule has 0 radical (unpaired) electrons. The Bertz CT molecular complexity index is 508. The van der Waals surface area contributed by atoms with Crippen LogP contribution in [0.15, 0.2) is 12.1 Å². The minimum Gasteiger partial charge on any atom is -0.493 e. The third-order valence-electron chi connectivity index (χ3n) is 5.78. The Morgan fingerprint density at radius 3 is 2.45 bits per heavy atom. The van der Waals surface area contributed by atoms with Gasteiger partial charge in [0, 0.05) is 5.56 Å². The molecule has 0 spiro atoms. The summed E-state index contributed by atoms with van der Waals surface area (Å²) in [6.45, 7) is 0.728. The Morgan fingerprint density at radius 2 is 1.82 bits per heavy atom. The molecule has 2 aliphatic carbocycles. The summed E-state index contributed by atoms with van der Waals surface area (Å²) >= 11 is 0. The van der Waals surface area contributed by atoms with Gasteiger partial charge in [0.25, 0.3) is 0 Å². The van der Waals surface area contributed by atoms with Gasteiger partial charge < -0.3 is 15.2 Å². The van der Waals surface area contributed by atoms with Crippen LogP contribution in [0.2, 0.25) is 0 Å². The Hall–Kier alpha value is -1.22. The van der Waals surface area contributed by atoms with Crippen LogP contribution in [-0.4, -0.2) is 20.8 Å². The average molecular weight is 303 g/mol. The lowest BCUT2D eigenvalue weighted by Gasteiger charge is -2.38. The lowest BCUT2D eigenvalue weighted by Crippen LogP contribution is -2.30. The molecule has 0 aliphatic heterocycles. The molecule has 0 amide bonds. The van der Waals surface area contributed by atoms with Crippen molar-refractivity contribution in [2.24, 2.45) is 17.6 Å². The second kappa shape index (κ2) is 6.91. The summed E-state index contributed by atoms with van der Waals surface area (Å²) in [4.78, 5) is 0. The molecule has 1 aromatic carbocycles. The fourth-order valence-corrected chi connectivity index (χ4v) is 4.62. The average Bonchev–Trinajstić information content (AvgIpc) is 2.60. The van der Waals surface area contributed by atoms with Gasteiger partial charge in [-0.05, 0) is 48.8 Å². The number of fused-ring (bicyclic) bond motifs is 1. The van der Waals surface area contributed by atoms with Crippen LogP contribution in [0.3, 0.4) is 0 Å². The molecule has 2 atom stereocenters. The van der Waals surface area contributed by atoms with Gasteiger partial charge in [0.05, 0.1) is 14.2 Å². The van der Waals surface area contributed by atoms with E-state index < -0.39 is 0 Å². The zero-order chi connectivity index (χ0) is 15.5. The van der Waals surface area contributed by atoms with Gasteiger partial charge in [-0.15, -0.1) is 0 Å². The van der Waals surface area contributed by atoms with Gasteiger partial charge in [-0.3, -0.25) is 0 Å². The van der Waals surface area contributed by atoms with Crippen LogP contribution in [0.1, 0.15) is 55.6 Å². The van der Waals surface area contributed by atoms with Gasteiger partial charge in [0.2, 0.25) is 0 Å². The highest BCUT2D eigenvalue weighted by molar-refractivity contribution is 5.53. The molecule has 2 aliphatic rings. The van der Waals surface area contributed by atoms with E-state index in [1.54, 1.807) is 14.2 Å². The van der Waals surface area contributed by atoms with Gasteiger partial charge >= 0.3 is 0 Å². The molecule has 1 saturated carbocycles. The fraction of sp³-hybridized carbons (Fsp3) is 0.684. The van der Waals surface area contributed by atoms with Gasteiger partial charge in [-0.1, -0.05) is 38.2 Å². The summed E-state index contributed by atoms with van der Waals surface area (Å²) < 4.78 is 11.2. The van der Waals surface area contributed by atoms with Crippen LogP contribution in [0, 0.1) is 11.8 Å². The van der Waals surface area contributed by atoms with E-state index in [4.69, 9.17) is 15.2 Å². The summed E-state index contributed by atoms with van der Waals surface area (Å²) in [5, 5.41) is 0. The molecule has 0 heterocycles. The molecular weight excluding hydrogens is 274 g/mol. The number of hydrogen-bond acceptors (Lipinski definition) is 3. The molecule has 122 valence electrons. The van der Waals surface area contributed by atoms with Crippen molar-refractivity contribution >= 4 is 0 Å². The van der Waals surface area contributed by atoms with Crippen molar-refractivity contribution in [1.29, 1.82) is 0 Å². The maximum Gasteiger partial charge on any atom is 0.164 e. The summed E-state index contributed by atoms with van der Waals surface area (Å²) in [5.41, 5.74) is 8.83. The molecule has 22 heavy (non-hydrogen) atoms. The summed E-state index contributed by atoms with van der Waals surface area (Å²) in [6.07, 6.45) is 9.36. The van der Waals surface area contributed by atoms with Crippen LogP contribution < -0.4 is 15.2 Å². The second-order valence-corrected chi connectivity index (χ2v) is 6.90. The fourth-order valence-electron chi connectivity index (χ4n) is 4.62. The highest BCUT2D eigenvalue weighted by Crippen LogP contribution is 2.47. The molecular formula is C19H29NO2. The maximum absolute atomic E-state index is 6.10. The quantitative estimate of drug-likeness (QED) is 0.918. The molecule has 1 fully saturated rings. The monoisotopic (exact) mass is 303 g/mol. The normalized spacial score (nSPS) is 25.6. The first-order valence-electron chi connectivity index (χ1n) is 8.72. The Kier molecular flexibility index (Phi) is 4.92. The molecule has 0 saturated heterocycles. The molecule has 3 heteroatoms. The standard InChI is InChI=1S/C19H29NO2/c1-21-18-9-8-16-15(12-20)10-14(11-17(16)19(18)22-2)13-6-4-3-5-7-13/h8-9,13-15H,3-7,10-12,20H2,1-2H3/t14-,15-/m0/s1. The first-order chi connectivity index (χ1) is 10.8. The highest BCUT2D eigenvalue weighted by atomic mass is 16.5. The molecule has 3 nitrogen and oxygen atoms in total. The number of methoxy groups -OCH3 is 2. The van der Waals surface area contributed by atoms with Crippen molar-refractivity contribution in [3.8, 4) is 11.5 Å². The maximum atomic E-state index is 6.10. The number of nitrogens with two attached hydrogens (primary N) is 1. The zero-order valence-corrected chi connectivity index (χ0v) is 13.9. The summed E-state index contributed by atoms with van der Waals surface area (Å²) in [5.74, 6) is 3.87. The predicted molar refractivity (Wildman–Crippen MR) is 89.7 cm³/mol. The van der Waals surface area contributed by atoms with Crippen molar-refractivity contribution in [1.82, 2.24) is 0 Å². The van der Waals surface area contributed by atoms with Gasteiger partial charge in [-0.25, -0.2) is 0 Å². The van der Waals surface area contributed by atoms with Crippen LogP contribution in [0.25, 0.3) is 0 Å². The van der Waals surface area contributed by atoms with E-state index >= 15 is 0 Å². The molecule has 0 aromatic heterocycles. The molecule has 2 N–H and O–H groups in total. The van der Waals surface area contributed by atoms with E-state index in [1.165, 1.54) is 49.7 Å². The van der Waals surface area contributed by atoms with E-state index in [-0.39, 0.29) is 0 Å². The van der Waals surface area contributed by atoms with Crippen LogP contribution in [0.5, 0.6) is 11.5 Å². The Labute approximate surface area is 134 Å². The molecule has 0 unspecified atom stereocenters. The van der Waals surface area contributed by atoms with E-state index in [1.807, 2.05) is 6.07 Å².